The molecule has 4 aromatic rings. The Hall–Kier alpha value is -2.80. The van der Waals surface area contributed by atoms with Crippen LogP contribution in [0.2, 0.25) is 0 Å². The molecule has 0 aliphatic heterocycles. The molecule has 0 unspecified atom stereocenters. The molecule has 0 fully saturated rings. The first kappa shape index (κ1) is 11.8. The first-order valence-electron chi connectivity index (χ1n) is 7.58. The zero-order chi connectivity index (χ0) is 14.7. The number of benzene rings is 4. The van der Waals surface area contributed by atoms with E-state index in [-0.39, 0.29) is 0 Å². The average Bonchev–Trinajstić information content (AvgIpc) is 2.95. The molecular weight excluding hydrogens is 268 g/mol. The molecule has 0 radical (unpaired) electrons. The van der Waals surface area contributed by atoms with E-state index in [0.717, 1.165) is 28.3 Å². The van der Waals surface area contributed by atoms with Crippen molar-refractivity contribution in [2.75, 3.05) is 0 Å². The quantitative estimate of drug-likeness (QED) is 0.415. The Morgan fingerprint density at radius 3 is 2.00 bits per heavy atom. The van der Waals surface area contributed by atoms with Gasteiger partial charge in [0, 0.05) is 10.9 Å². The summed E-state index contributed by atoms with van der Waals surface area (Å²) in [5.74, 6) is 0.398. The van der Waals surface area contributed by atoms with Crippen LogP contribution in [0.1, 0.15) is 11.1 Å². The number of hydrogen-bond acceptors (Lipinski definition) is 1. The van der Waals surface area contributed by atoms with Gasteiger partial charge in [-0.05, 0) is 39.3 Å². The van der Waals surface area contributed by atoms with Crippen molar-refractivity contribution in [1.29, 1.82) is 0 Å². The lowest BCUT2D eigenvalue weighted by molar-refractivity contribution is 0.484. The summed E-state index contributed by atoms with van der Waals surface area (Å²) in [6, 6.07) is 22.8. The van der Waals surface area contributed by atoms with Crippen molar-refractivity contribution < 1.29 is 5.11 Å². The molecule has 0 heterocycles. The summed E-state index contributed by atoms with van der Waals surface area (Å²) in [5.41, 5.74) is 4.69. The second-order valence-corrected chi connectivity index (χ2v) is 5.95. The largest absolute Gasteiger partial charge is 0.507 e. The predicted molar refractivity (Wildman–Crippen MR) is 91.4 cm³/mol. The first-order valence-corrected chi connectivity index (χ1v) is 7.58. The normalized spacial score (nSPS) is 12.5. The van der Waals surface area contributed by atoms with Crippen molar-refractivity contribution >= 4 is 21.5 Å². The summed E-state index contributed by atoms with van der Waals surface area (Å²) in [5, 5.41) is 15.6. The summed E-state index contributed by atoms with van der Waals surface area (Å²) in [4.78, 5) is 0. The van der Waals surface area contributed by atoms with Gasteiger partial charge in [0.25, 0.3) is 0 Å². The molecule has 22 heavy (non-hydrogen) atoms. The number of phenols is 1. The maximum absolute atomic E-state index is 10.9. The molecule has 0 saturated carbocycles. The monoisotopic (exact) mass is 282 g/mol. The van der Waals surface area contributed by atoms with Crippen LogP contribution in [0, 0.1) is 0 Å². The lowest BCUT2D eigenvalue weighted by Crippen LogP contribution is -1.86. The van der Waals surface area contributed by atoms with Gasteiger partial charge in [-0.3, -0.25) is 0 Å². The Bertz CT molecular complexity index is 1050. The van der Waals surface area contributed by atoms with Crippen LogP contribution in [-0.2, 0) is 6.42 Å². The van der Waals surface area contributed by atoms with E-state index < -0.39 is 0 Å². The molecule has 5 rings (SSSR count). The van der Waals surface area contributed by atoms with E-state index >= 15 is 0 Å². The molecule has 1 aliphatic carbocycles. The second-order valence-electron chi connectivity index (χ2n) is 5.95. The van der Waals surface area contributed by atoms with Crippen molar-refractivity contribution in [2.45, 2.75) is 6.42 Å². The number of phenolic OH excluding ortho intramolecular Hbond substituents is 1. The van der Waals surface area contributed by atoms with Gasteiger partial charge in [-0.15, -0.1) is 0 Å². The molecule has 0 atom stereocenters. The number of rotatable bonds is 1. The molecule has 1 nitrogen and oxygen atoms in total. The highest BCUT2D eigenvalue weighted by molar-refractivity contribution is 6.21. The van der Waals surface area contributed by atoms with Crippen LogP contribution in [-0.4, -0.2) is 5.11 Å². The minimum atomic E-state index is 0.398. The van der Waals surface area contributed by atoms with E-state index in [1.807, 2.05) is 30.3 Å². The third kappa shape index (κ3) is 1.38. The molecule has 1 N–H and O–H groups in total. The van der Waals surface area contributed by atoms with Gasteiger partial charge < -0.3 is 5.11 Å². The summed E-state index contributed by atoms with van der Waals surface area (Å²) < 4.78 is 0. The fourth-order valence-corrected chi connectivity index (χ4v) is 3.86. The zero-order valence-electron chi connectivity index (χ0n) is 12.0. The van der Waals surface area contributed by atoms with Gasteiger partial charge in [-0.1, -0.05) is 66.7 Å². The van der Waals surface area contributed by atoms with E-state index in [1.165, 1.54) is 21.9 Å². The van der Waals surface area contributed by atoms with Crippen molar-refractivity contribution in [3.05, 3.63) is 77.9 Å². The van der Waals surface area contributed by atoms with Crippen LogP contribution >= 0.6 is 0 Å². The summed E-state index contributed by atoms with van der Waals surface area (Å²) in [6.45, 7) is 0. The SMILES string of the molecule is Oc1c(-c2ccccc2)c2cccc3c2c2c(cccc12)C3. The van der Waals surface area contributed by atoms with Crippen molar-refractivity contribution in [3.8, 4) is 16.9 Å². The highest BCUT2D eigenvalue weighted by Gasteiger charge is 2.22. The maximum atomic E-state index is 10.9. The van der Waals surface area contributed by atoms with E-state index in [9.17, 15) is 5.11 Å². The Labute approximate surface area is 128 Å². The Kier molecular flexibility index (Phi) is 2.21. The van der Waals surface area contributed by atoms with E-state index in [4.69, 9.17) is 0 Å². The van der Waals surface area contributed by atoms with Crippen LogP contribution < -0.4 is 0 Å². The van der Waals surface area contributed by atoms with Crippen LogP contribution in [0.5, 0.6) is 5.75 Å². The van der Waals surface area contributed by atoms with Gasteiger partial charge >= 0.3 is 0 Å². The van der Waals surface area contributed by atoms with Gasteiger partial charge in [0.05, 0.1) is 0 Å². The molecule has 0 amide bonds. The Morgan fingerprint density at radius 2 is 1.27 bits per heavy atom. The van der Waals surface area contributed by atoms with Crippen LogP contribution in [0.4, 0.5) is 0 Å². The summed E-state index contributed by atoms with van der Waals surface area (Å²) >= 11 is 0. The zero-order valence-corrected chi connectivity index (χ0v) is 12.0. The van der Waals surface area contributed by atoms with Crippen LogP contribution in [0.15, 0.2) is 66.7 Å². The molecule has 0 saturated heterocycles. The fraction of sp³-hybridized carbons (Fsp3) is 0.0476. The highest BCUT2D eigenvalue weighted by Crippen LogP contribution is 2.48. The predicted octanol–water partition coefficient (Wildman–Crippen LogP) is 5.27. The Morgan fingerprint density at radius 1 is 0.636 bits per heavy atom. The lowest BCUT2D eigenvalue weighted by atomic mass is 9.92. The molecule has 0 bridgehead atoms. The van der Waals surface area contributed by atoms with Crippen molar-refractivity contribution in [3.63, 3.8) is 0 Å². The maximum Gasteiger partial charge on any atom is 0.131 e. The average molecular weight is 282 g/mol. The standard InChI is InChI=1S/C21H14O/c22-21-17-11-5-9-15-12-14-8-4-10-16(18(14)19(15)17)20(21)13-6-2-1-3-7-13/h1-11,22H,12H2. The van der Waals surface area contributed by atoms with Crippen LogP contribution in [0.3, 0.4) is 0 Å². The Balaban J connectivity index is 2.07. The van der Waals surface area contributed by atoms with E-state index in [2.05, 4.69) is 36.4 Å². The van der Waals surface area contributed by atoms with Gasteiger partial charge in [-0.2, -0.15) is 0 Å². The second kappa shape index (κ2) is 4.11. The van der Waals surface area contributed by atoms with Gasteiger partial charge in [0.2, 0.25) is 0 Å². The highest BCUT2D eigenvalue weighted by atomic mass is 16.3. The molecule has 4 aromatic carbocycles. The molecule has 1 aliphatic rings. The molecule has 1 heteroatoms. The third-order valence-corrected chi connectivity index (χ3v) is 4.76. The molecule has 104 valence electrons. The van der Waals surface area contributed by atoms with Crippen molar-refractivity contribution in [1.82, 2.24) is 0 Å². The lowest BCUT2D eigenvalue weighted by Gasteiger charge is -2.13. The molecule has 0 aromatic heterocycles. The summed E-state index contributed by atoms with van der Waals surface area (Å²) in [7, 11) is 0. The summed E-state index contributed by atoms with van der Waals surface area (Å²) in [6.07, 6.45) is 0.960. The van der Waals surface area contributed by atoms with Crippen molar-refractivity contribution in [2.24, 2.45) is 0 Å². The number of hydrogen-bond donors (Lipinski definition) is 1. The topological polar surface area (TPSA) is 20.2 Å². The third-order valence-electron chi connectivity index (χ3n) is 4.76. The first-order chi connectivity index (χ1) is 10.8. The van der Waals surface area contributed by atoms with Gasteiger partial charge in [0.1, 0.15) is 5.75 Å². The van der Waals surface area contributed by atoms with Crippen LogP contribution in [0.25, 0.3) is 32.7 Å². The van der Waals surface area contributed by atoms with Gasteiger partial charge in [-0.25, -0.2) is 0 Å². The fourth-order valence-electron chi connectivity index (χ4n) is 3.86. The van der Waals surface area contributed by atoms with E-state index in [0.29, 0.717) is 5.75 Å². The van der Waals surface area contributed by atoms with E-state index in [1.54, 1.807) is 0 Å². The smallest absolute Gasteiger partial charge is 0.131 e. The number of aromatic hydroxyl groups is 1. The minimum Gasteiger partial charge on any atom is -0.507 e. The molecular formula is C21H14O. The molecule has 0 spiro atoms. The minimum absolute atomic E-state index is 0.398. The van der Waals surface area contributed by atoms with Gasteiger partial charge in [0.15, 0.2) is 0 Å².